The fraction of sp³-hybridized carbons (Fsp3) is 0.0833. The highest BCUT2D eigenvalue weighted by atomic mass is 127. The second-order valence-electron chi connectivity index (χ2n) is 6.76. The molecule has 0 unspecified atom stereocenters. The Kier molecular flexibility index (Phi) is 7.32. The molecular formula is C24H16Br2INO4. The van der Waals surface area contributed by atoms with E-state index >= 15 is 0 Å². The molecule has 5 nitrogen and oxygen atoms in total. The first-order valence-electron chi connectivity index (χ1n) is 9.47. The summed E-state index contributed by atoms with van der Waals surface area (Å²) in [5, 5.41) is 0. The van der Waals surface area contributed by atoms with Crippen LogP contribution < -0.4 is 9.47 Å². The molecular weight excluding hydrogens is 653 g/mol. The Morgan fingerprint density at radius 3 is 2.59 bits per heavy atom. The summed E-state index contributed by atoms with van der Waals surface area (Å²) >= 11 is 9.22. The van der Waals surface area contributed by atoms with Gasteiger partial charge in [-0.25, -0.2) is 9.79 Å². The van der Waals surface area contributed by atoms with Crippen LogP contribution in [-0.4, -0.2) is 19.0 Å². The molecule has 162 valence electrons. The van der Waals surface area contributed by atoms with E-state index in [0.717, 1.165) is 29.2 Å². The van der Waals surface area contributed by atoms with Crippen LogP contribution in [0.2, 0.25) is 0 Å². The smallest absolute Gasteiger partial charge is 0.363 e. The monoisotopic (exact) mass is 667 g/mol. The van der Waals surface area contributed by atoms with Crippen molar-refractivity contribution in [3.05, 3.63) is 95.6 Å². The number of nitrogens with zero attached hydrogens (tertiary/aromatic N) is 1. The zero-order valence-electron chi connectivity index (χ0n) is 16.8. The highest BCUT2D eigenvalue weighted by molar-refractivity contribution is 14.1. The number of rotatable bonds is 6. The highest BCUT2D eigenvalue weighted by Gasteiger charge is 2.24. The van der Waals surface area contributed by atoms with Gasteiger partial charge in [-0.05, 0) is 86.6 Å². The van der Waals surface area contributed by atoms with E-state index in [4.69, 9.17) is 14.2 Å². The van der Waals surface area contributed by atoms with Crippen molar-refractivity contribution in [3.8, 4) is 11.5 Å². The number of halogens is 3. The Morgan fingerprint density at radius 1 is 1.03 bits per heavy atom. The highest BCUT2D eigenvalue weighted by Crippen LogP contribution is 2.31. The number of cyclic esters (lactones) is 1. The SMILES string of the molecule is COc1cc(/C=C2\N=C(c3ccc(I)c(Br)c3)OC2=O)ccc1OCc1ccccc1Br. The number of benzene rings is 3. The average Bonchev–Trinajstić information content (AvgIpc) is 3.15. The van der Waals surface area contributed by atoms with Gasteiger partial charge in [0.25, 0.3) is 0 Å². The maximum Gasteiger partial charge on any atom is 0.363 e. The van der Waals surface area contributed by atoms with Gasteiger partial charge in [-0.1, -0.05) is 40.2 Å². The maximum absolute atomic E-state index is 12.3. The fourth-order valence-electron chi connectivity index (χ4n) is 2.98. The van der Waals surface area contributed by atoms with E-state index in [1.165, 1.54) is 0 Å². The number of esters is 1. The third kappa shape index (κ3) is 5.24. The Labute approximate surface area is 215 Å². The predicted molar refractivity (Wildman–Crippen MR) is 139 cm³/mol. The van der Waals surface area contributed by atoms with E-state index < -0.39 is 5.97 Å². The Balaban J connectivity index is 1.55. The molecule has 32 heavy (non-hydrogen) atoms. The molecule has 0 amide bonds. The van der Waals surface area contributed by atoms with Crippen LogP contribution in [0, 0.1) is 3.57 Å². The first-order chi connectivity index (χ1) is 15.4. The van der Waals surface area contributed by atoms with Crippen LogP contribution in [0.15, 0.2) is 80.3 Å². The van der Waals surface area contributed by atoms with Gasteiger partial charge in [0, 0.05) is 23.6 Å². The summed E-state index contributed by atoms with van der Waals surface area (Å²) in [4.78, 5) is 16.7. The van der Waals surface area contributed by atoms with Crippen molar-refractivity contribution >= 4 is 72.4 Å². The van der Waals surface area contributed by atoms with Gasteiger partial charge in [0.15, 0.2) is 17.2 Å². The number of methoxy groups -OCH3 is 1. The summed E-state index contributed by atoms with van der Waals surface area (Å²) in [5.41, 5.74) is 2.72. The van der Waals surface area contributed by atoms with Crippen LogP contribution in [0.4, 0.5) is 0 Å². The minimum absolute atomic E-state index is 0.221. The summed E-state index contributed by atoms with van der Waals surface area (Å²) in [6.07, 6.45) is 1.66. The lowest BCUT2D eigenvalue weighted by molar-refractivity contribution is -0.129. The van der Waals surface area contributed by atoms with Gasteiger partial charge >= 0.3 is 5.97 Å². The average molecular weight is 669 g/mol. The van der Waals surface area contributed by atoms with Gasteiger partial charge in [0.05, 0.1) is 7.11 Å². The van der Waals surface area contributed by atoms with Gasteiger partial charge in [0.2, 0.25) is 5.90 Å². The normalized spacial score (nSPS) is 14.3. The van der Waals surface area contributed by atoms with Gasteiger partial charge in [-0.3, -0.25) is 0 Å². The molecule has 8 heteroatoms. The number of hydrogen-bond acceptors (Lipinski definition) is 5. The standard InChI is InChI=1S/C24H16Br2INO4/c1-30-22-11-14(6-9-21(22)31-13-16-4-2-3-5-17(16)25)10-20-24(29)32-23(28-20)15-7-8-19(27)18(26)12-15/h2-12H,13H2,1H3/b20-10-. The van der Waals surface area contributed by atoms with E-state index in [9.17, 15) is 4.79 Å². The Hall–Kier alpha value is -2.17. The first kappa shape index (κ1) is 23.0. The maximum atomic E-state index is 12.3. The molecule has 0 aromatic heterocycles. The van der Waals surface area contributed by atoms with E-state index in [1.807, 2.05) is 54.6 Å². The van der Waals surface area contributed by atoms with Crippen molar-refractivity contribution in [2.45, 2.75) is 6.61 Å². The lowest BCUT2D eigenvalue weighted by Crippen LogP contribution is -2.05. The molecule has 1 aliphatic rings. The van der Waals surface area contributed by atoms with Crippen molar-refractivity contribution in [2.75, 3.05) is 7.11 Å². The predicted octanol–water partition coefficient (Wildman–Crippen LogP) is 6.75. The molecule has 1 heterocycles. The molecule has 3 aromatic rings. The summed E-state index contributed by atoms with van der Waals surface area (Å²) in [6, 6.07) is 19.0. The molecule has 0 N–H and O–H groups in total. The number of carbonyl (C=O) groups is 1. The summed E-state index contributed by atoms with van der Waals surface area (Å²) in [7, 11) is 1.58. The molecule has 4 rings (SSSR count). The van der Waals surface area contributed by atoms with Gasteiger partial charge < -0.3 is 14.2 Å². The molecule has 0 saturated carbocycles. The number of ether oxygens (including phenoxy) is 3. The van der Waals surface area contributed by atoms with Gasteiger partial charge in [0.1, 0.15) is 6.61 Å². The first-order valence-corrected chi connectivity index (χ1v) is 12.1. The van der Waals surface area contributed by atoms with Crippen molar-refractivity contribution in [2.24, 2.45) is 4.99 Å². The quantitative estimate of drug-likeness (QED) is 0.166. The number of carbonyl (C=O) groups excluding carboxylic acids is 1. The van der Waals surface area contributed by atoms with Crippen molar-refractivity contribution in [3.63, 3.8) is 0 Å². The Bertz CT molecular complexity index is 1260. The Morgan fingerprint density at radius 2 is 1.84 bits per heavy atom. The van der Waals surface area contributed by atoms with Crippen LogP contribution in [0.25, 0.3) is 6.08 Å². The molecule has 0 saturated heterocycles. The van der Waals surface area contributed by atoms with Crippen molar-refractivity contribution < 1.29 is 19.0 Å². The van der Waals surface area contributed by atoms with E-state index in [-0.39, 0.29) is 11.6 Å². The molecule has 0 bridgehead atoms. The van der Waals surface area contributed by atoms with Crippen LogP contribution in [-0.2, 0) is 16.1 Å². The van der Waals surface area contributed by atoms with Crippen molar-refractivity contribution in [1.29, 1.82) is 0 Å². The number of hydrogen-bond donors (Lipinski definition) is 0. The molecule has 3 aromatic carbocycles. The molecule has 0 fully saturated rings. The lowest BCUT2D eigenvalue weighted by Gasteiger charge is -2.12. The molecule has 0 spiro atoms. The third-order valence-corrected chi connectivity index (χ3v) is 7.73. The summed E-state index contributed by atoms with van der Waals surface area (Å²) < 4.78 is 19.7. The second kappa shape index (κ2) is 10.2. The largest absolute Gasteiger partial charge is 0.493 e. The van der Waals surface area contributed by atoms with E-state index in [1.54, 1.807) is 19.3 Å². The lowest BCUT2D eigenvalue weighted by atomic mass is 10.1. The molecule has 0 aliphatic carbocycles. The summed E-state index contributed by atoms with van der Waals surface area (Å²) in [5.74, 6) is 0.942. The van der Waals surface area contributed by atoms with Gasteiger partial charge in [-0.2, -0.15) is 0 Å². The zero-order chi connectivity index (χ0) is 22.7. The summed E-state index contributed by atoms with van der Waals surface area (Å²) in [6.45, 7) is 0.393. The third-order valence-electron chi connectivity index (χ3n) is 4.62. The van der Waals surface area contributed by atoms with Crippen molar-refractivity contribution in [1.82, 2.24) is 0 Å². The molecule has 0 radical (unpaired) electrons. The van der Waals surface area contributed by atoms with Crippen LogP contribution in [0.1, 0.15) is 16.7 Å². The van der Waals surface area contributed by atoms with Gasteiger partial charge in [-0.15, -0.1) is 0 Å². The minimum Gasteiger partial charge on any atom is -0.493 e. The second-order valence-corrected chi connectivity index (χ2v) is 9.63. The minimum atomic E-state index is -0.497. The molecule has 0 atom stereocenters. The number of aliphatic imine (C=N–C) groups is 1. The van der Waals surface area contributed by atoms with Crippen LogP contribution in [0.5, 0.6) is 11.5 Å². The van der Waals surface area contributed by atoms with Crippen LogP contribution in [0.3, 0.4) is 0 Å². The fourth-order valence-corrected chi connectivity index (χ4v) is 4.10. The molecule has 1 aliphatic heterocycles. The van der Waals surface area contributed by atoms with E-state index in [2.05, 4.69) is 59.4 Å². The zero-order valence-corrected chi connectivity index (χ0v) is 22.1. The van der Waals surface area contributed by atoms with Crippen LogP contribution >= 0.6 is 54.5 Å². The van der Waals surface area contributed by atoms with E-state index in [0.29, 0.717) is 18.1 Å². The topological polar surface area (TPSA) is 57.1 Å².